The van der Waals surface area contributed by atoms with Gasteiger partial charge in [0.1, 0.15) is 5.69 Å². The molecule has 5 nitrogen and oxygen atoms in total. The van der Waals surface area contributed by atoms with Crippen molar-refractivity contribution in [2.75, 3.05) is 26.2 Å². The van der Waals surface area contributed by atoms with Gasteiger partial charge >= 0.3 is 0 Å². The molecule has 3 N–H and O–H groups in total. The van der Waals surface area contributed by atoms with Gasteiger partial charge in [-0.15, -0.1) is 0 Å². The maximum atomic E-state index is 11.9. The van der Waals surface area contributed by atoms with Crippen molar-refractivity contribution in [1.29, 1.82) is 0 Å². The molecule has 20 heavy (non-hydrogen) atoms. The number of aryl methyl sites for hydroxylation is 1. The van der Waals surface area contributed by atoms with Crippen molar-refractivity contribution in [2.45, 2.75) is 38.7 Å². The van der Waals surface area contributed by atoms with Crippen LogP contribution in [0.2, 0.25) is 0 Å². The number of aromatic amines is 1. The minimum absolute atomic E-state index is 0.0385. The number of carbonyl (C=O) groups is 1. The van der Waals surface area contributed by atoms with E-state index in [1.807, 2.05) is 12.1 Å². The van der Waals surface area contributed by atoms with E-state index in [1.165, 1.54) is 0 Å². The fraction of sp³-hybridized carbons (Fsp3) is 0.667. The van der Waals surface area contributed by atoms with Crippen molar-refractivity contribution in [3.63, 3.8) is 0 Å². The summed E-state index contributed by atoms with van der Waals surface area (Å²) >= 11 is 0. The van der Waals surface area contributed by atoms with E-state index < -0.39 is 0 Å². The molecule has 2 rings (SSSR count). The number of H-pyrrole nitrogens is 1. The molecule has 0 aliphatic carbocycles. The lowest BCUT2D eigenvalue weighted by molar-refractivity contribution is 0.0697. The molecule has 0 aromatic carbocycles. The molecule has 5 heteroatoms. The van der Waals surface area contributed by atoms with Crippen molar-refractivity contribution < 1.29 is 9.90 Å². The number of carbonyl (C=O) groups excluding carboxylic acids is 1. The highest BCUT2D eigenvalue weighted by atomic mass is 16.3. The zero-order valence-corrected chi connectivity index (χ0v) is 12.2. The SMILES string of the molecule is CCc1ccc(C(=O)NCCCN2CCC[C@@H](O)C2)[nH]1. The van der Waals surface area contributed by atoms with Crippen molar-refractivity contribution in [3.8, 4) is 0 Å². The number of rotatable bonds is 6. The Hall–Kier alpha value is -1.33. The van der Waals surface area contributed by atoms with Crippen molar-refractivity contribution in [2.24, 2.45) is 0 Å². The summed E-state index contributed by atoms with van der Waals surface area (Å²) in [6.07, 6.45) is 3.63. The number of piperidine rings is 1. The van der Waals surface area contributed by atoms with Crippen LogP contribution in [-0.4, -0.2) is 53.2 Å². The summed E-state index contributed by atoms with van der Waals surface area (Å²) in [6, 6.07) is 3.78. The summed E-state index contributed by atoms with van der Waals surface area (Å²) < 4.78 is 0. The predicted octanol–water partition coefficient (Wildman–Crippen LogP) is 1.15. The van der Waals surface area contributed by atoms with Crippen molar-refractivity contribution in [3.05, 3.63) is 23.5 Å². The van der Waals surface area contributed by atoms with Gasteiger partial charge in [-0.25, -0.2) is 0 Å². The highest BCUT2D eigenvalue weighted by Gasteiger charge is 2.16. The van der Waals surface area contributed by atoms with Crippen LogP contribution >= 0.6 is 0 Å². The van der Waals surface area contributed by atoms with Crippen LogP contribution in [0.3, 0.4) is 0 Å². The summed E-state index contributed by atoms with van der Waals surface area (Å²) in [5.41, 5.74) is 1.72. The second-order valence-electron chi connectivity index (χ2n) is 5.46. The quantitative estimate of drug-likeness (QED) is 0.684. The molecular formula is C15H25N3O2. The van der Waals surface area contributed by atoms with Crippen LogP contribution in [0, 0.1) is 0 Å². The van der Waals surface area contributed by atoms with Gasteiger partial charge in [0.2, 0.25) is 0 Å². The molecule has 1 saturated heterocycles. The lowest BCUT2D eigenvalue weighted by Gasteiger charge is -2.29. The van der Waals surface area contributed by atoms with Gasteiger partial charge in [0, 0.05) is 18.8 Å². The Labute approximate surface area is 120 Å². The summed E-state index contributed by atoms with van der Waals surface area (Å²) in [5.74, 6) is -0.0385. The molecule has 0 saturated carbocycles. The van der Waals surface area contributed by atoms with Gasteiger partial charge in [0.15, 0.2) is 0 Å². The molecule has 1 aliphatic rings. The van der Waals surface area contributed by atoms with Crippen LogP contribution in [-0.2, 0) is 6.42 Å². The average Bonchev–Trinajstić information content (AvgIpc) is 2.92. The first-order chi connectivity index (χ1) is 9.69. The number of likely N-dealkylation sites (tertiary alicyclic amines) is 1. The molecule has 0 radical (unpaired) electrons. The number of amides is 1. The van der Waals surface area contributed by atoms with Crippen LogP contribution in [0.15, 0.2) is 12.1 Å². The molecule has 0 unspecified atom stereocenters. The number of hydrogen-bond donors (Lipinski definition) is 3. The zero-order chi connectivity index (χ0) is 14.4. The lowest BCUT2D eigenvalue weighted by Crippen LogP contribution is -2.39. The molecule has 1 aromatic heterocycles. The fourth-order valence-corrected chi connectivity index (χ4v) is 2.61. The third-order valence-electron chi connectivity index (χ3n) is 3.79. The first-order valence-electron chi connectivity index (χ1n) is 7.55. The predicted molar refractivity (Wildman–Crippen MR) is 78.8 cm³/mol. The Morgan fingerprint density at radius 2 is 2.40 bits per heavy atom. The van der Waals surface area contributed by atoms with Crippen LogP contribution < -0.4 is 5.32 Å². The highest BCUT2D eigenvalue weighted by molar-refractivity contribution is 5.92. The molecule has 1 aliphatic heterocycles. The van der Waals surface area contributed by atoms with Crippen LogP contribution in [0.4, 0.5) is 0 Å². The van der Waals surface area contributed by atoms with Crippen LogP contribution in [0.5, 0.6) is 0 Å². The van der Waals surface area contributed by atoms with E-state index in [4.69, 9.17) is 0 Å². The summed E-state index contributed by atoms with van der Waals surface area (Å²) in [4.78, 5) is 17.3. The van der Waals surface area contributed by atoms with Gasteiger partial charge < -0.3 is 20.3 Å². The van der Waals surface area contributed by atoms with Crippen LogP contribution in [0.25, 0.3) is 0 Å². The first kappa shape index (κ1) is 15.1. The molecule has 0 spiro atoms. The standard InChI is InChI=1S/C15H25N3O2/c1-2-12-6-7-14(17-12)15(20)16-8-4-10-18-9-3-5-13(19)11-18/h6-7,13,17,19H,2-5,8-11H2,1H3,(H,16,20)/t13-/m1/s1. The van der Waals surface area contributed by atoms with Crippen LogP contribution in [0.1, 0.15) is 42.4 Å². The van der Waals surface area contributed by atoms with E-state index in [-0.39, 0.29) is 12.0 Å². The largest absolute Gasteiger partial charge is 0.392 e. The zero-order valence-electron chi connectivity index (χ0n) is 12.2. The minimum atomic E-state index is -0.176. The van der Waals surface area contributed by atoms with Gasteiger partial charge in [-0.3, -0.25) is 4.79 Å². The van der Waals surface area contributed by atoms with E-state index >= 15 is 0 Å². The smallest absolute Gasteiger partial charge is 0.267 e. The number of aliphatic hydroxyl groups excluding tert-OH is 1. The van der Waals surface area contributed by atoms with Crippen molar-refractivity contribution >= 4 is 5.91 Å². The van der Waals surface area contributed by atoms with Gasteiger partial charge in [-0.1, -0.05) is 6.92 Å². The molecular weight excluding hydrogens is 254 g/mol. The molecule has 1 atom stereocenters. The number of aromatic nitrogens is 1. The van der Waals surface area contributed by atoms with E-state index in [2.05, 4.69) is 22.1 Å². The van der Waals surface area contributed by atoms with Gasteiger partial charge in [-0.2, -0.15) is 0 Å². The third-order valence-corrected chi connectivity index (χ3v) is 3.79. The first-order valence-corrected chi connectivity index (χ1v) is 7.55. The van der Waals surface area contributed by atoms with Gasteiger partial charge in [-0.05, 0) is 50.9 Å². The monoisotopic (exact) mass is 279 g/mol. The fourth-order valence-electron chi connectivity index (χ4n) is 2.61. The number of aliphatic hydroxyl groups is 1. The van der Waals surface area contributed by atoms with Gasteiger partial charge in [0.25, 0.3) is 5.91 Å². The lowest BCUT2D eigenvalue weighted by atomic mass is 10.1. The Morgan fingerprint density at radius 1 is 1.55 bits per heavy atom. The minimum Gasteiger partial charge on any atom is -0.392 e. The van der Waals surface area contributed by atoms with E-state index in [0.29, 0.717) is 12.2 Å². The van der Waals surface area contributed by atoms with E-state index in [9.17, 15) is 9.90 Å². The Balaban J connectivity index is 1.64. The molecule has 1 fully saturated rings. The number of hydrogen-bond acceptors (Lipinski definition) is 3. The third kappa shape index (κ3) is 4.35. The van der Waals surface area contributed by atoms with E-state index in [1.54, 1.807) is 0 Å². The Morgan fingerprint density at radius 3 is 3.10 bits per heavy atom. The second kappa shape index (κ2) is 7.45. The average molecular weight is 279 g/mol. The van der Waals surface area contributed by atoms with Gasteiger partial charge in [0.05, 0.1) is 6.10 Å². The van der Waals surface area contributed by atoms with Crippen molar-refractivity contribution in [1.82, 2.24) is 15.2 Å². The number of nitrogens with one attached hydrogen (secondary N) is 2. The second-order valence-corrected chi connectivity index (χ2v) is 5.46. The molecule has 2 heterocycles. The molecule has 112 valence electrons. The highest BCUT2D eigenvalue weighted by Crippen LogP contribution is 2.09. The number of nitrogens with zero attached hydrogens (tertiary/aromatic N) is 1. The van der Waals surface area contributed by atoms with E-state index in [0.717, 1.165) is 51.0 Å². The number of β-amino-alcohol motifs (C(OH)–C–C–N with tert-alkyl or cyclic N) is 1. The summed E-state index contributed by atoms with van der Waals surface area (Å²) in [5, 5.41) is 12.5. The maximum Gasteiger partial charge on any atom is 0.267 e. The maximum absolute atomic E-state index is 11.9. The normalized spacial score (nSPS) is 20.0. The summed E-state index contributed by atoms with van der Waals surface area (Å²) in [7, 11) is 0. The molecule has 0 bridgehead atoms. The Bertz CT molecular complexity index is 431. The molecule has 1 aromatic rings. The summed E-state index contributed by atoms with van der Waals surface area (Å²) in [6.45, 7) is 5.49. The Kier molecular flexibility index (Phi) is 5.61. The topological polar surface area (TPSA) is 68.4 Å². The molecule has 1 amide bonds.